The average molecular weight is 283 g/mol. The van der Waals surface area contributed by atoms with E-state index in [0.29, 0.717) is 10.6 Å². The van der Waals surface area contributed by atoms with Crippen LogP contribution in [0.5, 0.6) is 0 Å². The largest absolute Gasteiger partial charge is 0.461 e. The van der Waals surface area contributed by atoms with Gasteiger partial charge in [-0.3, -0.25) is 0 Å². The van der Waals surface area contributed by atoms with E-state index in [1.807, 2.05) is 6.07 Å². The number of esters is 1. The molecule has 0 amide bonds. The molecule has 1 aromatic carbocycles. The molecule has 2 N–H and O–H groups in total. The molecule has 1 atom stereocenters. The quantitative estimate of drug-likeness (QED) is 0.862. The third-order valence-corrected chi connectivity index (χ3v) is 3.79. The summed E-state index contributed by atoms with van der Waals surface area (Å²) in [7, 11) is 2.06. The number of likely N-dealkylation sites (tertiary alicyclic amines) is 1. The van der Waals surface area contributed by atoms with Crippen molar-refractivity contribution < 1.29 is 9.53 Å². The first-order valence-electron chi connectivity index (χ1n) is 6.47. The molecular formula is C14H19ClN2O2. The zero-order valence-electron chi connectivity index (χ0n) is 11.0. The molecule has 0 spiro atoms. The topological polar surface area (TPSA) is 55.6 Å². The lowest BCUT2D eigenvalue weighted by Crippen LogP contribution is -2.37. The van der Waals surface area contributed by atoms with Crippen molar-refractivity contribution >= 4 is 17.6 Å². The van der Waals surface area contributed by atoms with Crippen LogP contribution in [0.1, 0.15) is 24.4 Å². The minimum Gasteiger partial charge on any atom is -0.461 e. The van der Waals surface area contributed by atoms with Crippen molar-refractivity contribution in [2.75, 3.05) is 20.1 Å². The number of rotatable bonds is 3. The van der Waals surface area contributed by atoms with E-state index in [1.54, 1.807) is 18.2 Å². The van der Waals surface area contributed by atoms with Crippen molar-refractivity contribution in [3.05, 3.63) is 34.9 Å². The second kappa shape index (κ2) is 6.37. The van der Waals surface area contributed by atoms with E-state index in [9.17, 15) is 4.79 Å². The van der Waals surface area contributed by atoms with Gasteiger partial charge >= 0.3 is 5.97 Å². The third-order valence-electron chi connectivity index (χ3n) is 3.44. The lowest BCUT2D eigenvalue weighted by Gasteiger charge is -2.29. The van der Waals surface area contributed by atoms with E-state index in [4.69, 9.17) is 22.1 Å². The molecule has 1 saturated heterocycles. The maximum Gasteiger partial charge on any atom is 0.327 e. The minimum atomic E-state index is -0.812. The van der Waals surface area contributed by atoms with E-state index < -0.39 is 12.0 Å². The predicted octanol–water partition coefficient (Wildman–Crippen LogP) is 1.98. The Morgan fingerprint density at radius 1 is 1.42 bits per heavy atom. The lowest BCUT2D eigenvalue weighted by molar-refractivity contribution is -0.152. The number of hydrogen-bond acceptors (Lipinski definition) is 4. The number of nitrogens with zero attached hydrogens (tertiary/aromatic N) is 1. The van der Waals surface area contributed by atoms with E-state index in [2.05, 4.69) is 11.9 Å². The van der Waals surface area contributed by atoms with Crippen LogP contribution >= 0.6 is 11.6 Å². The summed E-state index contributed by atoms with van der Waals surface area (Å²) >= 11 is 6.03. The summed E-state index contributed by atoms with van der Waals surface area (Å²) in [6.45, 7) is 1.89. The smallest absolute Gasteiger partial charge is 0.327 e. The minimum absolute atomic E-state index is 0.0303. The van der Waals surface area contributed by atoms with Gasteiger partial charge in [-0.05, 0) is 31.5 Å². The highest BCUT2D eigenvalue weighted by atomic mass is 35.5. The summed E-state index contributed by atoms with van der Waals surface area (Å²) in [5, 5.41) is 0.496. The standard InChI is InChI=1S/C14H19ClN2O2/c1-17-8-6-10(7-9-17)19-14(18)13(16)11-4-2-3-5-12(11)15/h2-5,10,13H,6-9,16H2,1H3/t13-/m1/s1. The number of piperidine rings is 1. The van der Waals surface area contributed by atoms with Crippen LogP contribution in [0.4, 0.5) is 0 Å². The van der Waals surface area contributed by atoms with Crippen molar-refractivity contribution in [2.24, 2.45) is 5.73 Å². The second-order valence-electron chi connectivity index (χ2n) is 4.94. The monoisotopic (exact) mass is 282 g/mol. The average Bonchev–Trinajstić information content (AvgIpc) is 2.41. The molecule has 1 aromatic rings. The van der Waals surface area contributed by atoms with Gasteiger partial charge < -0.3 is 15.4 Å². The van der Waals surface area contributed by atoms with Crippen LogP contribution in [-0.4, -0.2) is 37.1 Å². The SMILES string of the molecule is CN1CCC(OC(=O)[C@H](N)c2ccccc2Cl)CC1. The van der Waals surface area contributed by atoms with Crippen LogP contribution in [0.3, 0.4) is 0 Å². The molecule has 0 aliphatic carbocycles. The molecule has 0 saturated carbocycles. The molecule has 2 rings (SSSR count). The van der Waals surface area contributed by atoms with Gasteiger partial charge in [0, 0.05) is 18.1 Å². The molecule has 5 heteroatoms. The number of halogens is 1. The summed E-state index contributed by atoms with van der Waals surface area (Å²) in [5.41, 5.74) is 6.53. The normalized spacial score (nSPS) is 19.1. The van der Waals surface area contributed by atoms with Gasteiger partial charge in [0.2, 0.25) is 0 Å². The molecule has 104 valence electrons. The predicted molar refractivity (Wildman–Crippen MR) is 75.0 cm³/mol. The Morgan fingerprint density at radius 2 is 2.05 bits per heavy atom. The van der Waals surface area contributed by atoms with Crippen molar-refractivity contribution in [3.63, 3.8) is 0 Å². The summed E-state index contributed by atoms with van der Waals surface area (Å²) in [6, 6.07) is 6.28. The zero-order chi connectivity index (χ0) is 13.8. The summed E-state index contributed by atoms with van der Waals surface area (Å²) in [4.78, 5) is 14.2. The van der Waals surface area contributed by atoms with E-state index in [1.165, 1.54) is 0 Å². The van der Waals surface area contributed by atoms with Crippen molar-refractivity contribution in [1.29, 1.82) is 0 Å². The first kappa shape index (κ1) is 14.3. The number of carbonyl (C=O) groups is 1. The van der Waals surface area contributed by atoms with Gasteiger partial charge in [0.05, 0.1) is 0 Å². The second-order valence-corrected chi connectivity index (χ2v) is 5.35. The zero-order valence-corrected chi connectivity index (χ0v) is 11.8. The number of ether oxygens (including phenoxy) is 1. The first-order chi connectivity index (χ1) is 9.08. The molecule has 19 heavy (non-hydrogen) atoms. The van der Waals surface area contributed by atoms with Gasteiger partial charge in [-0.1, -0.05) is 29.8 Å². The van der Waals surface area contributed by atoms with Gasteiger partial charge in [0.25, 0.3) is 0 Å². The molecule has 0 bridgehead atoms. The fourth-order valence-corrected chi connectivity index (χ4v) is 2.45. The molecule has 0 aromatic heterocycles. The highest BCUT2D eigenvalue weighted by Crippen LogP contribution is 2.23. The van der Waals surface area contributed by atoms with Crippen LogP contribution in [-0.2, 0) is 9.53 Å². The molecule has 0 radical (unpaired) electrons. The van der Waals surface area contributed by atoms with Gasteiger partial charge in [-0.25, -0.2) is 4.79 Å². The Balaban J connectivity index is 1.95. The van der Waals surface area contributed by atoms with E-state index in [-0.39, 0.29) is 6.10 Å². The Kier molecular flexibility index (Phi) is 4.80. The van der Waals surface area contributed by atoms with Crippen molar-refractivity contribution in [1.82, 2.24) is 4.90 Å². The number of carbonyl (C=O) groups excluding carboxylic acids is 1. The Morgan fingerprint density at radius 3 is 2.68 bits per heavy atom. The Hall–Kier alpha value is -1.10. The van der Waals surface area contributed by atoms with Crippen molar-refractivity contribution in [3.8, 4) is 0 Å². The highest BCUT2D eigenvalue weighted by Gasteiger charge is 2.25. The van der Waals surface area contributed by atoms with Crippen LogP contribution in [0, 0.1) is 0 Å². The van der Waals surface area contributed by atoms with Crippen LogP contribution in [0.15, 0.2) is 24.3 Å². The van der Waals surface area contributed by atoms with Gasteiger partial charge in [-0.15, -0.1) is 0 Å². The van der Waals surface area contributed by atoms with E-state index in [0.717, 1.165) is 25.9 Å². The van der Waals surface area contributed by atoms with Crippen molar-refractivity contribution in [2.45, 2.75) is 25.0 Å². The molecular weight excluding hydrogens is 264 g/mol. The van der Waals surface area contributed by atoms with Crippen LogP contribution in [0.25, 0.3) is 0 Å². The summed E-state index contributed by atoms with van der Waals surface area (Å²) < 4.78 is 5.46. The van der Waals surface area contributed by atoms with Crippen LogP contribution < -0.4 is 5.73 Å². The summed E-state index contributed by atoms with van der Waals surface area (Å²) in [5.74, 6) is -0.400. The molecule has 1 fully saturated rings. The van der Waals surface area contributed by atoms with Gasteiger partial charge in [0.1, 0.15) is 12.1 Å². The maximum atomic E-state index is 12.0. The number of benzene rings is 1. The van der Waals surface area contributed by atoms with Gasteiger partial charge in [-0.2, -0.15) is 0 Å². The molecule has 1 heterocycles. The van der Waals surface area contributed by atoms with Gasteiger partial charge in [0.15, 0.2) is 0 Å². The summed E-state index contributed by atoms with van der Waals surface area (Å²) in [6.07, 6.45) is 1.69. The first-order valence-corrected chi connectivity index (χ1v) is 6.85. The Bertz CT molecular complexity index is 445. The molecule has 0 unspecified atom stereocenters. The lowest BCUT2D eigenvalue weighted by atomic mass is 10.1. The molecule has 4 nitrogen and oxygen atoms in total. The molecule has 1 aliphatic rings. The fraction of sp³-hybridized carbons (Fsp3) is 0.500. The highest BCUT2D eigenvalue weighted by molar-refractivity contribution is 6.31. The number of hydrogen-bond donors (Lipinski definition) is 1. The van der Waals surface area contributed by atoms with E-state index >= 15 is 0 Å². The molecule has 1 aliphatic heterocycles. The maximum absolute atomic E-state index is 12.0. The third kappa shape index (κ3) is 3.69. The fourth-order valence-electron chi connectivity index (χ4n) is 2.19. The Labute approximate surface area is 118 Å². The number of nitrogens with two attached hydrogens (primary N) is 1. The van der Waals surface area contributed by atoms with Crippen LogP contribution in [0.2, 0.25) is 5.02 Å².